The molecule has 1 heterocycles. The molecule has 1 saturated heterocycles. The van der Waals surface area contributed by atoms with Gasteiger partial charge < -0.3 is 15.0 Å². The van der Waals surface area contributed by atoms with Crippen LogP contribution in [0.25, 0.3) is 0 Å². The number of anilines is 2. The van der Waals surface area contributed by atoms with Gasteiger partial charge in [0.25, 0.3) is 5.91 Å². The Bertz CT molecular complexity index is 1070. The molecule has 0 spiro atoms. The van der Waals surface area contributed by atoms with Gasteiger partial charge in [0, 0.05) is 35.6 Å². The first-order valence-corrected chi connectivity index (χ1v) is 11.8. The first kappa shape index (κ1) is 23.2. The molecule has 0 radical (unpaired) electrons. The van der Waals surface area contributed by atoms with Crippen LogP contribution in [0.2, 0.25) is 0 Å². The van der Waals surface area contributed by atoms with Crippen LogP contribution in [0.3, 0.4) is 0 Å². The number of rotatable bonds is 5. The van der Waals surface area contributed by atoms with E-state index in [1.54, 1.807) is 33.8 Å². The Balaban J connectivity index is 1.82. The number of nitrogens with zero attached hydrogens (tertiary/aromatic N) is 1. The molecule has 2 aromatic carbocycles. The average molecular weight is 446 g/mol. The Morgan fingerprint density at radius 2 is 1.68 bits per heavy atom. The molecular weight excluding hydrogens is 414 g/mol. The van der Waals surface area contributed by atoms with E-state index >= 15 is 0 Å². The quantitative estimate of drug-likeness (QED) is 0.736. The molecule has 0 saturated carbocycles. The first-order chi connectivity index (χ1) is 14.5. The van der Waals surface area contributed by atoms with Gasteiger partial charge in [0.15, 0.2) is 0 Å². The summed E-state index contributed by atoms with van der Waals surface area (Å²) in [4.78, 5) is 15.3. The van der Waals surface area contributed by atoms with E-state index in [1.165, 1.54) is 12.1 Å². The Kier molecular flexibility index (Phi) is 6.73. The molecule has 2 aromatic rings. The number of hydrogen-bond donors (Lipinski definition) is 2. The topological polar surface area (TPSA) is 87.7 Å². The molecule has 168 valence electrons. The molecule has 8 heteroatoms. The predicted molar refractivity (Wildman–Crippen MR) is 123 cm³/mol. The van der Waals surface area contributed by atoms with E-state index in [1.807, 2.05) is 25.1 Å². The van der Waals surface area contributed by atoms with Crippen molar-refractivity contribution in [2.45, 2.75) is 45.1 Å². The summed E-state index contributed by atoms with van der Waals surface area (Å²) in [5.41, 5.74) is 3.14. The van der Waals surface area contributed by atoms with Gasteiger partial charge in [-0.25, -0.2) is 13.1 Å². The number of morpholine rings is 1. The second-order valence-electron chi connectivity index (χ2n) is 8.88. The van der Waals surface area contributed by atoms with E-state index < -0.39 is 15.6 Å². The molecule has 1 fully saturated rings. The maximum atomic E-state index is 13.0. The van der Waals surface area contributed by atoms with E-state index in [-0.39, 0.29) is 10.8 Å². The number of hydrogen-bond acceptors (Lipinski definition) is 5. The summed E-state index contributed by atoms with van der Waals surface area (Å²) >= 11 is 0. The van der Waals surface area contributed by atoms with Gasteiger partial charge in [-0.3, -0.25) is 4.79 Å². The number of carbonyl (C=O) groups is 1. The molecule has 0 bridgehead atoms. The van der Waals surface area contributed by atoms with Crippen molar-refractivity contribution in [1.82, 2.24) is 4.72 Å². The summed E-state index contributed by atoms with van der Waals surface area (Å²) in [6, 6.07) is 10.5. The minimum atomic E-state index is -3.74. The summed E-state index contributed by atoms with van der Waals surface area (Å²) in [5.74, 6) is -0.340. The van der Waals surface area contributed by atoms with Crippen LogP contribution >= 0.6 is 0 Å². The fourth-order valence-corrected chi connectivity index (χ4v) is 4.92. The maximum absolute atomic E-state index is 13.0. The minimum absolute atomic E-state index is 0.0672. The second-order valence-corrected chi connectivity index (χ2v) is 10.6. The molecular formula is C23H31N3O4S. The number of sulfonamides is 1. The van der Waals surface area contributed by atoms with Gasteiger partial charge in [0.2, 0.25) is 10.0 Å². The Hall–Kier alpha value is -2.42. The zero-order valence-electron chi connectivity index (χ0n) is 18.8. The van der Waals surface area contributed by atoms with Crippen LogP contribution in [0.5, 0.6) is 0 Å². The van der Waals surface area contributed by atoms with Gasteiger partial charge >= 0.3 is 0 Å². The normalized spacial score (nSPS) is 15.1. The number of ether oxygens (including phenoxy) is 1. The van der Waals surface area contributed by atoms with E-state index in [0.717, 1.165) is 24.3 Å². The number of aryl methyl sites for hydroxylation is 2. The SMILES string of the molecule is Cc1cc(N2CCOCC2)ccc1NC(=O)c1cc(S(=O)(=O)NC(C)(C)C)ccc1C. The molecule has 0 unspecified atom stereocenters. The standard InChI is InChI=1S/C23H31N3O4S/c1-16-6-8-19(31(28,29)25-23(3,4)5)15-20(16)22(27)24-21-9-7-18(14-17(21)2)26-10-12-30-13-11-26/h6-9,14-15,25H,10-13H2,1-5H3,(H,24,27). The molecule has 1 aliphatic rings. The fraction of sp³-hybridized carbons (Fsp3) is 0.435. The Labute approximate surface area is 184 Å². The molecule has 1 aliphatic heterocycles. The highest BCUT2D eigenvalue weighted by Crippen LogP contribution is 2.25. The van der Waals surface area contributed by atoms with Crippen LogP contribution in [0.4, 0.5) is 11.4 Å². The number of amides is 1. The van der Waals surface area contributed by atoms with Gasteiger partial charge in [-0.2, -0.15) is 0 Å². The largest absolute Gasteiger partial charge is 0.378 e. The molecule has 7 nitrogen and oxygen atoms in total. The van der Waals surface area contributed by atoms with Crippen LogP contribution in [0, 0.1) is 13.8 Å². The molecule has 0 aliphatic carbocycles. The molecule has 3 rings (SSSR count). The zero-order chi connectivity index (χ0) is 22.8. The van der Waals surface area contributed by atoms with Crippen LogP contribution in [0.1, 0.15) is 42.3 Å². The van der Waals surface area contributed by atoms with E-state index in [4.69, 9.17) is 4.74 Å². The fourth-order valence-electron chi connectivity index (χ4n) is 3.47. The highest BCUT2D eigenvalue weighted by atomic mass is 32.2. The van der Waals surface area contributed by atoms with Crippen molar-refractivity contribution in [2.24, 2.45) is 0 Å². The lowest BCUT2D eigenvalue weighted by molar-refractivity contribution is 0.102. The number of carbonyl (C=O) groups excluding carboxylic acids is 1. The van der Waals surface area contributed by atoms with Crippen LogP contribution in [-0.4, -0.2) is 46.2 Å². The van der Waals surface area contributed by atoms with Gasteiger partial charge in [-0.1, -0.05) is 6.07 Å². The summed E-state index contributed by atoms with van der Waals surface area (Å²) in [6.45, 7) is 12.2. The molecule has 1 amide bonds. The lowest BCUT2D eigenvalue weighted by Gasteiger charge is -2.29. The highest BCUT2D eigenvalue weighted by molar-refractivity contribution is 7.89. The molecule has 2 N–H and O–H groups in total. The van der Waals surface area contributed by atoms with Gasteiger partial charge in [-0.05, 0) is 76.1 Å². The highest BCUT2D eigenvalue weighted by Gasteiger charge is 2.24. The first-order valence-electron chi connectivity index (χ1n) is 10.4. The lowest BCUT2D eigenvalue weighted by atomic mass is 10.1. The minimum Gasteiger partial charge on any atom is -0.378 e. The predicted octanol–water partition coefficient (Wildman–Crippen LogP) is 3.47. The average Bonchev–Trinajstić information content (AvgIpc) is 2.68. The Morgan fingerprint density at radius 1 is 1.00 bits per heavy atom. The van der Waals surface area contributed by atoms with Gasteiger partial charge in [0.05, 0.1) is 18.1 Å². The monoisotopic (exact) mass is 445 g/mol. The van der Waals surface area contributed by atoms with Crippen molar-refractivity contribution < 1.29 is 17.9 Å². The molecule has 0 atom stereocenters. The summed E-state index contributed by atoms with van der Waals surface area (Å²) in [6.07, 6.45) is 0. The van der Waals surface area contributed by atoms with Crippen molar-refractivity contribution in [3.8, 4) is 0 Å². The van der Waals surface area contributed by atoms with Crippen LogP contribution in [0.15, 0.2) is 41.3 Å². The van der Waals surface area contributed by atoms with Crippen molar-refractivity contribution in [3.05, 3.63) is 53.1 Å². The third-order valence-electron chi connectivity index (χ3n) is 5.04. The number of benzene rings is 2. The molecule has 0 aromatic heterocycles. The smallest absolute Gasteiger partial charge is 0.255 e. The van der Waals surface area contributed by atoms with Crippen molar-refractivity contribution in [3.63, 3.8) is 0 Å². The van der Waals surface area contributed by atoms with Crippen LogP contribution < -0.4 is 14.9 Å². The Morgan fingerprint density at radius 3 is 2.29 bits per heavy atom. The van der Waals surface area contributed by atoms with Gasteiger partial charge in [-0.15, -0.1) is 0 Å². The maximum Gasteiger partial charge on any atom is 0.255 e. The van der Waals surface area contributed by atoms with Crippen molar-refractivity contribution >= 4 is 27.3 Å². The van der Waals surface area contributed by atoms with Crippen molar-refractivity contribution in [1.29, 1.82) is 0 Å². The summed E-state index contributed by atoms with van der Waals surface area (Å²) in [7, 11) is -3.74. The third kappa shape index (κ3) is 5.84. The summed E-state index contributed by atoms with van der Waals surface area (Å²) < 4.78 is 33.4. The van der Waals surface area contributed by atoms with Crippen LogP contribution in [-0.2, 0) is 14.8 Å². The van der Waals surface area contributed by atoms with E-state index in [2.05, 4.69) is 14.9 Å². The molecule has 31 heavy (non-hydrogen) atoms. The van der Waals surface area contributed by atoms with E-state index in [9.17, 15) is 13.2 Å². The van der Waals surface area contributed by atoms with Gasteiger partial charge in [0.1, 0.15) is 0 Å². The van der Waals surface area contributed by atoms with Crippen molar-refractivity contribution in [2.75, 3.05) is 36.5 Å². The second kappa shape index (κ2) is 8.98. The zero-order valence-corrected chi connectivity index (χ0v) is 19.6. The van der Waals surface area contributed by atoms with E-state index in [0.29, 0.717) is 30.0 Å². The lowest BCUT2D eigenvalue weighted by Crippen LogP contribution is -2.40. The summed E-state index contributed by atoms with van der Waals surface area (Å²) in [5, 5.41) is 2.93. The third-order valence-corrected chi connectivity index (χ3v) is 6.79. The number of nitrogens with one attached hydrogen (secondary N) is 2.